The molecule has 0 spiro atoms. The average Bonchev–Trinajstić information content (AvgIpc) is 2.66. The van der Waals surface area contributed by atoms with E-state index >= 15 is 0 Å². The summed E-state index contributed by atoms with van der Waals surface area (Å²) in [6.45, 7) is 2.50. The minimum Gasteiger partial charge on any atom is -0.378 e. The second-order valence-electron chi connectivity index (χ2n) is 4.16. The Kier molecular flexibility index (Phi) is 4.47. The Morgan fingerprint density at radius 1 is 1.47 bits per heavy atom. The molecule has 1 aromatic carbocycles. The van der Waals surface area contributed by atoms with Crippen LogP contribution in [0, 0.1) is 5.82 Å². The molecule has 1 heterocycles. The monoisotopic (exact) mass is 345 g/mol. The quantitative estimate of drug-likeness (QED) is 0.901. The third-order valence-corrected chi connectivity index (χ3v) is 4.01. The Hall–Kier alpha value is -1.07. The molecule has 0 aliphatic heterocycles. The van der Waals surface area contributed by atoms with Gasteiger partial charge in [0, 0.05) is 11.5 Å². The molecule has 0 unspecified atom stereocenters. The predicted octanol–water partition coefficient (Wildman–Crippen LogP) is 4.15. The normalized spacial score (nSPS) is 10.8. The molecule has 0 saturated carbocycles. The fourth-order valence-electron chi connectivity index (χ4n) is 1.82. The largest absolute Gasteiger partial charge is 0.378 e. The van der Waals surface area contributed by atoms with E-state index in [0.717, 1.165) is 22.3 Å². The van der Waals surface area contributed by atoms with E-state index in [4.69, 9.17) is 11.6 Å². The Morgan fingerprint density at radius 2 is 2.21 bits per heavy atom. The van der Waals surface area contributed by atoms with Gasteiger partial charge in [-0.3, -0.25) is 4.68 Å². The van der Waals surface area contributed by atoms with Gasteiger partial charge in [-0.05, 0) is 40.5 Å². The first-order chi connectivity index (χ1) is 9.02. The molecule has 0 atom stereocenters. The smallest absolute Gasteiger partial charge is 0.125 e. The first-order valence-electron chi connectivity index (χ1n) is 5.92. The van der Waals surface area contributed by atoms with Gasteiger partial charge in [0.1, 0.15) is 5.82 Å². The summed E-state index contributed by atoms with van der Waals surface area (Å²) in [5.41, 5.74) is 2.45. The van der Waals surface area contributed by atoms with E-state index in [2.05, 4.69) is 26.3 Å². The molecule has 0 radical (unpaired) electrons. The van der Waals surface area contributed by atoms with Gasteiger partial charge in [-0.25, -0.2) is 4.39 Å². The maximum absolute atomic E-state index is 13.2. The molecule has 2 aromatic rings. The van der Waals surface area contributed by atoms with Gasteiger partial charge in [-0.15, -0.1) is 0 Å². The van der Waals surface area contributed by atoms with Crippen LogP contribution in [0.3, 0.4) is 0 Å². The number of rotatable bonds is 4. The molecule has 6 heteroatoms. The van der Waals surface area contributed by atoms with Crippen LogP contribution in [-0.2, 0) is 20.0 Å². The van der Waals surface area contributed by atoms with Gasteiger partial charge in [-0.1, -0.05) is 18.5 Å². The van der Waals surface area contributed by atoms with Crippen LogP contribution < -0.4 is 5.32 Å². The van der Waals surface area contributed by atoms with Crippen LogP contribution in [0.4, 0.5) is 10.1 Å². The summed E-state index contributed by atoms with van der Waals surface area (Å²) in [7, 11) is 1.85. The number of nitrogens with one attached hydrogen (secondary N) is 1. The van der Waals surface area contributed by atoms with Crippen molar-refractivity contribution in [3.05, 3.63) is 44.9 Å². The lowest BCUT2D eigenvalue weighted by Crippen LogP contribution is -2.06. The van der Waals surface area contributed by atoms with Crippen molar-refractivity contribution in [3.63, 3.8) is 0 Å². The molecule has 0 saturated heterocycles. The fourth-order valence-corrected chi connectivity index (χ4v) is 2.57. The summed E-state index contributed by atoms with van der Waals surface area (Å²) in [5, 5.41) is 8.17. The molecule has 3 nitrogen and oxygen atoms in total. The second kappa shape index (κ2) is 5.92. The van der Waals surface area contributed by atoms with Gasteiger partial charge in [-0.2, -0.15) is 5.10 Å². The number of aromatic nitrogens is 2. The second-order valence-corrected chi connectivity index (χ2v) is 5.39. The van der Waals surface area contributed by atoms with Crippen molar-refractivity contribution in [2.45, 2.75) is 19.9 Å². The maximum Gasteiger partial charge on any atom is 0.125 e. The molecular formula is C13H14BrClFN3. The number of hydrogen-bond acceptors (Lipinski definition) is 2. The summed E-state index contributed by atoms with van der Waals surface area (Å²) >= 11 is 9.63. The third-order valence-electron chi connectivity index (χ3n) is 2.88. The van der Waals surface area contributed by atoms with Crippen molar-refractivity contribution in [3.8, 4) is 0 Å². The minimum atomic E-state index is -0.281. The molecule has 102 valence electrons. The van der Waals surface area contributed by atoms with Crippen molar-refractivity contribution < 1.29 is 4.39 Å². The highest BCUT2D eigenvalue weighted by Gasteiger charge is 2.13. The van der Waals surface area contributed by atoms with E-state index in [1.165, 1.54) is 12.1 Å². The van der Waals surface area contributed by atoms with E-state index in [1.54, 1.807) is 10.7 Å². The molecule has 0 aliphatic rings. The Morgan fingerprint density at radius 3 is 2.84 bits per heavy atom. The number of anilines is 1. The molecule has 1 aromatic heterocycles. The van der Waals surface area contributed by atoms with E-state index in [-0.39, 0.29) is 5.82 Å². The highest BCUT2D eigenvalue weighted by atomic mass is 79.9. The standard InChI is InChI=1S/C13H14BrClFN3/c1-3-10-13(15)12(19(2)18-10)7-17-11-6-8(16)4-5-9(11)14/h4-6,17H,3,7H2,1-2H3. The highest BCUT2D eigenvalue weighted by Crippen LogP contribution is 2.26. The average molecular weight is 347 g/mol. The zero-order chi connectivity index (χ0) is 14.0. The lowest BCUT2D eigenvalue weighted by atomic mass is 10.2. The van der Waals surface area contributed by atoms with E-state index in [0.29, 0.717) is 17.3 Å². The fraction of sp³-hybridized carbons (Fsp3) is 0.308. The predicted molar refractivity (Wildman–Crippen MR) is 79.0 cm³/mol. The highest BCUT2D eigenvalue weighted by molar-refractivity contribution is 9.10. The molecule has 2 rings (SSSR count). The first kappa shape index (κ1) is 14.3. The molecule has 0 fully saturated rings. The van der Waals surface area contributed by atoms with Crippen molar-refractivity contribution in [2.24, 2.45) is 7.05 Å². The van der Waals surface area contributed by atoms with Gasteiger partial charge in [0.15, 0.2) is 0 Å². The summed E-state index contributed by atoms with van der Waals surface area (Å²) in [6.07, 6.45) is 0.788. The van der Waals surface area contributed by atoms with Crippen molar-refractivity contribution in [2.75, 3.05) is 5.32 Å². The third kappa shape index (κ3) is 3.09. The molecule has 0 aliphatic carbocycles. The zero-order valence-corrected chi connectivity index (χ0v) is 13.0. The topological polar surface area (TPSA) is 29.9 Å². The van der Waals surface area contributed by atoms with Gasteiger partial charge < -0.3 is 5.32 Å². The van der Waals surface area contributed by atoms with Gasteiger partial charge in [0.05, 0.1) is 28.6 Å². The summed E-state index contributed by atoms with van der Waals surface area (Å²) in [5.74, 6) is -0.281. The number of aryl methyl sites for hydroxylation is 2. The minimum absolute atomic E-state index is 0.281. The molecular weight excluding hydrogens is 333 g/mol. The lowest BCUT2D eigenvalue weighted by molar-refractivity contribution is 0.628. The zero-order valence-electron chi connectivity index (χ0n) is 10.7. The van der Waals surface area contributed by atoms with Crippen LogP contribution in [0.5, 0.6) is 0 Å². The first-order valence-corrected chi connectivity index (χ1v) is 7.09. The van der Waals surface area contributed by atoms with Crippen molar-refractivity contribution in [1.82, 2.24) is 9.78 Å². The molecule has 19 heavy (non-hydrogen) atoms. The summed E-state index contributed by atoms with van der Waals surface area (Å²) < 4.78 is 15.7. The van der Waals surface area contributed by atoms with Crippen LogP contribution in [-0.4, -0.2) is 9.78 Å². The number of halogens is 3. The van der Waals surface area contributed by atoms with Crippen LogP contribution in [0.1, 0.15) is 18.3 Å². The Balaban J connectivity index is 2.19. The Labute approximate surface area is 124 Å². The van der Waals surface area contributed by atoms with E-state index in [9.17, 15) is 4.39 Å². The molecule has 0 bridgehead atoms. The van der Waals surface area contributed by atoms with Crippen LogP contribution in [0.25, 0.3) is 0 Å². The van der Waals surface area contributed by atoms with Crippen molar-refractivity contribution in [1.29, 1.82) is 0 Å². The van der Waals surface area contributed by atoms with Crippen LogP contribution in [0.15, 0.2) is 22.7 Å². The van der Waals surface area contributed by atoms with Gasteiger partial charge in [0.2, 0.25) is 0 Å². The lowest BCUT2D eigenvalue weighted by Gasteiger charge is -2.09. The van der Waals surface area contributed by atoms with Crippen molar-refractivity contribution >= 4 is 33.2 Å². The number of nitrogens with zero attached hydrogens (tertiary/aromatic N) is 2. The number of benzene rings is 1. The van der Waals surface area contributed by atoms with E-state index < -0.39 is 0 Å². The van der Waals surface area contributed by atoms with E-state index in [1.807, 2.05) is 14.0 Å². The van der Waals surface area contributed by atoms with Crippen LogP contribution in [0.2, 0.25) is 5.02 Å². The Bertz CT molecular complexity index is 598. The maximum atomic E-state index is 13.2. The van der Waals surface area contributed by atoms with Crippen LogP contribution >= 0.6 is 27.5 Å². The van der Waals surface area contributed by atoms with Gasteiger partial charge in [0.25, 0.3) is 0 Å². The molecule has 1 N–H and O–H groups in total. The van der Waals surface area contributed by atoms with Gasteiger partial charge >= 0.3 is 0 Å². The molecule has 0 amide bonds. The number of hydrogen-bond donors (Lipinski definition) is 1. The SMILES string of the molecule is CCc1nn(C)c(CNc2cc(F)ccc2Br)c1Cl. The summed E-state index contributed by atoms with van der Waals surface area (Å²) in [6, 6.07) is 4.51. The summed E-state index contributed by atoms with van der Waals surface area (Å²) in [4.78, 5) is 0.